The molecule has 1 aliphatic heterocycles. The average molecular weight is 518 g/mol. The van der Waals surface area contributed by atoms with Gasteiger partial charge in [-0.15, -0.1) is 0 Å². The Morgan fingerprint density at radius 1 is 1.03 bits per heavy atom. The molecule has 10 nitrogen and oxygen atoms in total. The smallest absolute Gasteiger partial charge is 0.254 e. The van der Waals surface area contributed by atoms with Gasteiger partial charge >= 0.3 is 0 Å². The van der Waals surface area contributed by atoms with Gasteiger partial charge in [-0.2, -0.15) is 5.10 Å². The number of aromatic nitrogens is 4. The molecule has 3 heterocycles. The first-order chi connectivity index (χ1) is 18.3. The molecule has 0 saturated heterocycles. The highest BCUT2D eigenvalue weighted by Gasteiger charge is 2.30. The largest absolute Gasteiger partial charge is 0.344 e. The lowest BCUT2D eigenvalue weighted by Crippen LogP contribution is -2.50. The highest BCUT2D eigenvalue weighted by Crippen LogP contribution is 2.21. The maximum atomic E-state index is 13.5. The van der Waals surface area contributed by atoms with Crippen molar-refractivity contribution in [3.63, 3.8) is 0 Å². The van der Waals surface area contributed by atoms with E-state index in [0.717, 1.165) is 5.56 Å². The van der Waals surface area contributed by atoms with Crippen molar-refractivity contribution in [3.05, 3.63) is 77.6 Å². The summed E-state index contributed by atoms with van der Waals surface area (Å²) in [6, 6.07) is 11.8. The summed E-state index contributed by atoms with van der Waals surface area (Å²) in [6.45, 7) is 7.01. The predicted octanol–water partition coefficient (Wildman–Crippen LogP) is 2.46. The van der Waals surface area contributed by atoms with Crippen molar-refractivity contribution in [2.75, 3.05) is 13.1 Å². The number of benzene rings is 1. The zero-order valence-corrected chi connectivity index (χ0v) is 22.1. The quantitative estimate of drug-likeness (QED) is 0.548. The van der Waals surface area contributed by atoms with Gasteiger partial charge in [0.1, 0.15) is 17.7 Å². The summed E-state index contributed by atoms with van der Waals surface area (Å²) in [5, 5.41) is 10.6. The van der Waals surface area contributed by atoms with Crippen LogP contribution in [0.15, 0.2) is 54.9 Å². The zero-order chi connectivity index (χ0) is 27.1. The average Bonchev–Trinajstić information content (AvgIpc) is 3.28. The van der Waals surface area contributed by atoms with Crippen LogP contribution >= 0.6 is 0 Å². The van der Waals surface area contributed by atoms with Crippen LogP contribution in [0.2, 0.25) is 0 Å². The van der Waals surface area contributed by atoms with Crippen LogP contribution < -0.4 is 10.6 Å². The third-order valence-corrected chi connectivity index (χ3v) is 6.61. The summed E-state index contributed by atoms with van der Waals surface area (Å²) in [4.78, 5) is 50.2. The molecular weight excluding hydrogens is 482 g/mol. The van der Waals surface area contributed by atoms with Crippen molar-refractivity contribution in [3.8, 4) is 0 Å². The van der Waals surface area contributed by atoms with Crippen LogP contribution in [0.4, 0.5) is 0 Å². The Bertz CT molecular complexity index is 1240. The van der Waals surface area contributed by atoms with Crippen LogP contribution in [0.5, 0.6) is 0 Å². The molecule has 4 rings (SSSR count). The second kappa shape index (κ2) is 12.4. The normalized spacial score (nSPS) is 19.3. The molecule has 0 spiro atoms. The number of amides is 3. The molecule has 2 N–H and O–H groups in total. The fourth-order valence-corrected chi connectivity index (χ4v) is 4.61. The summed E-state index contributed by atoms with van der Waals surface area (Å²) in [5.41, 5.74) is 1.49. The topological polar surface area (TPSA) is 122 Å². The van der Waals surface area contributed by atoms with E-state index in [1.54, 1.807) is 34.1 Å². The van der Waals surface area contributed by atoms with Gasteiger partial charge < -0.3 is 15.5 Å². The van der Waals surface area contributed by atoms with E-state index in [4.69, 9.17) is 0 Å². The summed E-state index contributed by atoms with van der Waals surface area (Å²) in [7, 11) is 0. The van der Waals surface area contributed by atoms with Crippen LogP contribution in [0, 0.1) is 12.8 Å². The van der Waals surface area contributed by atoms with Gasteiger partial charge in [0.15, 0.2) is 0 Å². The Morgan fingerprint density at radius 3 is 2.47 bits per heavy atom. The number of pyridine rings is 1. The van der Waals surface area contributed by atoms with Crippen LogP contribution in [-0.4, -0.2) is 61.5 Å². The number of aryl methyl sites for hydroxylation is 1. The maximum Gasteiger partial charge on any atom is 0.254 e. The highest BCUT2D eigenvalue weighted by molar-refractivity contribution is 5.94. The first-order valence-corrected chi connectivity index (χ1v) is 13.1. The lowest BCUT2D eigenvalue weighted by Gasteiger charge is -2.28. The van der Waals surface area contributed by atoms with E-state index in [9.17, 15) is 14.4 Å². The third kappa shape index (κ3) is 6.81. The van der Waals surface area contributed by atoms with Crippen molar-refractivity contribution < 1.29 is 14.4 Å². The van der Waals surface area contributed by atoms with Gasteiger partial charge in [-0.25, -0.2) is 9.67 Å². The molecule has 0 radical (unpaired) electrons. The molecule has 0 unspecified atom stereocenters. The summed E-state index contributed by atoms with van der Waals surface area (Å²) < 4.78 is 1.78. The molecule has 0 aliphatic carbocycles. The Morgan fingerprint density at radius 2 is 1.76 bits per heavy atom. The first-order valence-electron chi connectivity index (χ1n) is 13.1. The van der Waals surface area contributed by atoms with E-state index in [1.165, 1.54) is 0 Å². The Hall–Kier alpha value is -4.08. The summed E-state index contributed by atoms with van der Waals surface area (Å²) in [5.74, 6) is 0.606. The predicted molar refractivity (Wildman–Crippen MR) is 142 cm³/mol. The minimum Gasteiger partial charge on any atom is -0.344 e. The SMILES string of the molecule is Cc1nc2n(n1)CCN(C(=O)c1ccncc1)CCCC(=O)N[C@@H](Cc1ccccc1)C(=O)N[C@@H]2C(C)C. The van der Waals surface area contributed by atoms with Gasteiger partial charge in [0.2, 0.25) is 11.8 Å². The number of fused-ring (bicyclic) bond motifs is 1. The molecule has 3 amide bonds. The van der Waals surface area contributed by atoms with Crippen LogP contribution in [-0.2, 0) is 22.6 Å². The molecular formula is C28H35N7O3. The van der Waals surface area contributed by atoms with E-state index in [-0.39, 0.29) is 30.1 Å². The van der Waals surface area contributed by atoms with Crippen molar-refractivity contribution >= 4 is 17.7 Å². The van der Waals surface area contributed by atoms with Gasteiger partial charge in [-0.05, 0) is 37.0 Å². The number of hydrogen-bond acceptors (Lipinski definition) is 6. The molecule has 0 fully saturated rings. The Balaban J connectivity index is 1.65. The van der Waals surface area contributed by atoms with Crippen molar-refractivity contribution in [1.29, 1.82) is 0 Å². The first kappa shape index (κ1) is 27.0. The van der Waals surface area contributed by atoms with E-state index >= 15 is 0 Å². The van der Waals surface area contributed by atoms with E-state index < -0.39 is 12.1 Å². The molecule has 38 heavy (non-hydrogen) atoms. The Labute approximate surface area is 222 Å². The maximum absolute atomic E-state index is 13.5. The lowest BCUT2D eigenvalue weighted by molar-refractivity contribution is -0.129. The summed E-state index contributed by atoms with van der Waals surface area (Å²) in [6.07, 6.45) is 4.20. The number of carbonyl (C=O) groups excluding carboxylic acids is 3. The van der Waals surface area contributed by atoms with Gasteiger partial charge in [-0.1, -0.05) is 44.2 Å². The standard InChI is InChI=1S/C28H35N7O3/c1-19(2)25-26-30-20(3)33-35(26)17-16-34(28(38)22-11-13-29-14-12-22)15-7-10-24(36)31-23(27(37)32-25)18-21-8-5-4-6-9-21/h4-6,8-9,11-14,19,23,25H,7,10,15-18H2,1-3H3,(H,31,36)(H,32,37)/t23-,25+/m0/s1. The van der Waals surface area contributed by atoms with Crippen LogP contribution in [0.3, 0.4) is 0 Å². The van der Waals surface area contributed by atoms with E-state index in [0.29, 0.717) is 49.7 Å². The van der Waals surface area contributed by atoms with E-state index in [1.807, 2.05) is 51.1 Å². The minimum atomic E-state index is -0.749. The van der Waals surface area contributed by atoms with Gasteiger partial charge in [-0.3, -0.25) is 19.4 Å². The van der Waals surface area contributed by atoms with Gasteiger partial charge in [0.25, 0.3) is 5.91 Å². The number of nitrogens with zero attached hydrogens (tertiary/aromatic N) is 5. The van der Waals surface area contributed by atoms with Crippen molar-refractivity contribution in [2.24, 2.45) is 5.92 Å². The molecule has 2 atom stereocenters. The molecule has 200 valence electrons. The van der Waals surface area contributed by atoms with E-state index in [2.05, 4.69) is 25.7 Å². The molecule has 1 aromatic carbocycles. The zero-order valence-electron chi connectivity index (χ0n) is 22.1. The number of hydrogen-bond donors (Lipinski definition) is 2. The molecule has 0 saturated carbocycles. The second-order valence-corrected chi connectivity index (χ2v) is 9.91. The second-order valence-electron chi connectivity index (χ2n) is 9.91. The van der Waals surface area contributed by atoms with Crippen molar-refractivity contribution in [1.82, 2.24) is 35.3 Å². The minimum absolute atomic E-state index is 0.0110. The Kier molecular flexibility index (Phi) is 8.83. The number of rotatable bonds is 4. The van der Waals surface area contributed by atoms with Crippen LogP contribution in [0.1, 0.15) is 60.3 Å². The van der Waals surface area contributed by atoms with Gasteiger partial charge in [0.05, 0.1) is 12.6 Å². The summed E-state index contributed by atoms with van der Waals surface area (Å²) >= 11 is 0. The van der Waals surface area contributed by atoms with Crippen molar-refractivity contribution in [2.45, 2.75) is 58.7 Å². The monoisotopic (exact) mass is 517 g/mol. The number of nitrogens with one attached hydrogen (secondary N) is 2. The van der Waals surface area contributed by atoms with Gasteiger partial charge in [0, 0.05) is 43.9 Å². The highest BCUT2D eigenvalue weighted by atomic mass is 16.2. The third-order valence-electron chi connectivity index (χ3n) is 6.61. The lowest BCUT2D eigenvalue weighted by atomic mass is 10.0. The fourth-order valence-electron chi connectivity index (χ4n) is 4.61. The molecule has 2 aromatic heterocycles. The fraction of sp³-hybridized carbons (Fsp3) is 0.429. The molecule has 0 bridgehead atoms. The molecule has 10 heteroatoms. The molecule has 1 aliphatic rings. The van der Waals surface area contributed by atoms with Crippen LogP contribution in [0.25, 0.3) is 0 Å². The number of carbonyl (C=O) groups is 3. The molecule has 3 aromatic rings.